The van der Waals surface area contributed by atoms with E-state index >= 15 is 0 Å². The fourth-order valence-electron chi connectivity index (χ4n) is 3.76. The van der Waals surface area contributed by atoms with E-state index < -0.39 is 16.6 Å². The maximum Gasteiger partial charge on any atom is 0.315 e. The summed E-state index contributed by atoms with van der Waals surface area (Å²) in [6.07, 6.45) is 3.93. The lowest BCUT2D eigenvalue weighted by Gasteiger charge is -2.64. The largest absolute Gasteiger partial charge is 0.459 e. The van der Waals surface area contributed by atoms with E-state index in [2.05, 4.69) is 0 Å². The standard InChI is InChI=1S/C14H26N2O3/c1-11(2,15)9-12(3,4)18-10(17)13-5-7-14(13,19-16)8-6-13/h5-9,15-16H2,1-4H3. The van der Waals surface area contributed by atoms with Crippen LogP contribution in [0.25, 0.3) is 0 Å². The SMILES string of the molecule is CC(C)(N)CC(C)(C)OC(=O)C12CCC1(ON)CC2. The second-order valence-electron chi connectivity index (χ2n) is 7.51. The minimum absolute atomic E-state index is 0.176. The highest BCUT2D eigenvalue weighted by Crippen LogP contribution is 2.66. The van der Waals surface area contributed by atoms with Crippen molar-refractivity contribution in [2.45, 2.75) is 76.5 Å². The highest BCUT2D eigenvalue weighted by atomic mass is 16.6. The molecule has 0 aromatic carbocycles. The number of carbonyl (C=O) groups is 1. The normalized spacial score (nSPS) is 34.0. The first-order chi connectivity index (χ1) is 8.56. The molecule has 4 N–H and O–H groups in total. The molecule has 2 aliphatic carbocycles. The molecule has 0 heterocycles. The molecule has 0 atom stereocenters. The number of carbonyl (C=O) groups excluding carboxylic acids is 1. The van der Waals surface area contributed by atoms with Gasteiger partial charge in [0.05, 0.1) is 5.41 Å². The molecular formula is C14H26N2O3. The van der Waals surface area contributed by atoms with Gasteiger partial charge in [-0.15, -0.1) is 0 Å². The molecule has 19 heavy (non-hydrogen) atoms. The van der Waals surface area contributed by atoms with Gasteiger partial charge in [0.15, 0.2) is 0 Å². The van der Waals surface area contributed by atoms with Crippen molar-refractivity contribution < 1.29 is 14.4 Å². The zero-order valence-corrected chi connectivity index (χ0v) is 12.4. The van der Waals surface area contributed by atoms with Crippen molar-refractivity contribution in [2.24, 2.45) is 17.0 Å². The molecule has 0 radical (unpaired) electrons. The third kappa shape index (κ3) is 2.28. The average Bonchev–Trinajstić information content (AvgIpc) is 2.18. The molecular weight excluding hydrogens is 244 g/mol. The number of ether oxygens (including phenoxy) is 1. The summed E-state index contributed by atoms with van der Waals surface area (Å²) in [5, 5.41) is 0. The Morgan fingerprint density at radius 2 is 1.68 bits per heavy atom. The number of rotatable bonds is 5. The van der Waals surface area contributed by atoms with Crippen LogP contribution < -0.4 is 11.6 Å². The molecule has 0 saturated heterocycles. The fraction of sp³-hybridized carbons (Fsp3) is 0.929. The van der Waals surface area contributed by atoms with Crippen molar-refractivity contribution in [3.05, 3.63) is 0 Å². The van der Waals surface area contributed by atoms with E-state index in [1.54, 1.807) is 0 Å². The van der Waals surface area contributed by atoms with Gasteiger partial charge in [0.25, 0.3) is 0 Å². The van der Waals surface area contributed by atoms with Gasteiger partial charge in [-0.05, 0) is 53.4 Å². The summed E-state index contributed by atoms with van der Waals surface area (Å²) < 4.78 is 5.71. The van der Waals surface area contributed by atoms with Gasteiger partial charge < -0.3 is 10.5 Å². The van der Waals surface area contributed by atoms with Gasteiger partial charge in [-0.25, -0.2) is 5.90 Å². The molecule has 2 fully saturated rings. The number of nitrogens with two attached hydrogens (primary N) is 2. The quantitative estimate of drug-likeness (QED) is 0.585. The minimum atomic E-state index is -0.574. The Balaban J connectivity index is 2.02. The molecule has 0 unspecified atom stereocenters. The molecule has 0 bridgehead atoms. The smallest absolute Gasteiger partial charge is 0.315 e. The van der Waals surface area contributed by atoms with Crippen molar-refractivity contribution in [2.75, 3.05) is 0 Å². The van der Waals surface area contributed by atoms with E-state index in [1.165, 1.54) is 0 Å². The molecule has 5 nitrogen and oxygen atoms in total. The molecule has 0 aliphatic heterocycles. The molecule has 110 valence electrons. The van der Waals surface area contributed by atoms with E-state index in [0.717, 1.165) is 25.7 Å². The summed E-state index contributed by atoms with van der Waals surface area (Å²) in [5.41, 5.74) is 4.10. The van der Waals surface area contributed by atoms with Crippen LogP contribution in [-0.4, -0.2) is 22.7 Å². The van der Waals surface area contributed by atoms with Gasteiger partial charge in [0, 0.05) is 12.0 Å². The van der Waals surface area contributed by atoms with Crippen molar-refractivity contribution in [3.8, 4) is 0 Å². The van der Waals surface area contributed by atoms with Crippen molar-refractivity contribution in [3.63, 3.8) is 0 Å². The van der Waals surface area contributed by atoms with Crippen LogP contribution in [0.15, 0.2) is 0 Å². The van der Waals surface area contributed by atoms with Gasteiger partial charge in [0.1, 0.15) is 11.2 Å². The van der Waals surface area contributed by atoms with E-state index in [4.69, 9.17) is 21.2 Å². The van der Waals surface area contributed by atoms with Crippen molar-refractivity contribution in [1.82, 2.24) is 0 Å². The van der Waals surface area contributed by atoms with Gasteiger partial charge >= 0.3 is 5.97 Å². The minimum Gasteiger partial charge on any atom is -0.459 e. The molecule has 0 aromatic heterocycles. The summed E-state index contributed by atoms with van der Waals surface area (Å²) in [6, 6.07) is 0. The van der Waals surface area contributed by atoms with Crippen LogP contribution >= 0.6 is 0 Å². The topological polar surface area (TPSA) is 87.6 Å². The number of esters is 1. The summed E-state index contributed by atoms with van der Waals surface area (Å²) in [4.78, 5) is 17.6. The summed E-state index contributed by atoms with van der Waals surface area (Å²) in [6.45, 7) is 7.67. The van der Waals surface area contributed by atoms with Crippen LogP contribution in [0.3, 0.4) is 0 Å². The first-order valence-corrected chi connectivity index (χ1v) is 6.96. The molecule has 2 aliphatic rings. The van der Waals surface area contributed by atoms with Crippen LogP contribution in [0.5, 0.6) is 0 Å². The van der Waals surface area contributed by atoms with Crippen LogP contribution in [-0.2, 0) is 14.4 Å². The van der Waals surface area contributed by atoms with Gasteiger partial charge in [-0.3, -0.25) is 9.63 Å². The van der Waals surface area contributed by atoms with Gasteiger partial charge in [-0.1, -0.05) is 0 Å². The zero-order valence-electron chi connectivity index (χ0n) is 12.4. The molecule has 2 saturated carbocycles. The molecule has 5 heteroatoms. The monoisotopic (exact) mass is 270 g/mol. The third-order valence-electron chi connectivity index (χ3n) is 4.65. The van der Waals surface area contributed by atoms with Crippen LogP contribution in [0.4, 0.5) is 0 Å². The number of hydrogen-bond acceptors (Lipinski definition) is 5. The lowest BCUT2D eigenvalue weighted by atomic mass is 9.44. The zero-order chi connectivity index (χ0) is 14.5. The first-order valence-electron chi connectivity index (χ1n) is 6.96. The maximum absolute atomic E-state index is 12.5. The Bertz CT molecular complexity index is 371. The number of fused-ring (bicyclic) bond motifs is 1. The molecule has 0 aromatic rings. The van der Waals surface area contributed by atoms with Crippen LogP contribution in [0, 0.1) is 5.41 Å². The van der Waals surface area contributed by atoms with Crippen molar-refractivity contribution >= 4 is 5.97 Å². The first kappa shape index (κ1) is 14.8. The lowest BCUT2D eigenvalue weighted by molar-refractivity contribution is -0.279. The van der Waals surface area contributed by atoms with E-state index in [9.17, 15) is 4.79 Å². The highest BCUT2D eigenvalue weighted by Gasteiger charge is 2.72. The maximum atomic E-state index is 12.5. The van der Waals surface area contributed by atoms with Crippen molar-refractivity contribution in [1.29, 1.82) is 0 Å². The predicted octanol–water partition coefficient (Wildman–Crippen LogP) is 1.64. The summed E-state index contributed by atoms with van der Waals surface area (Å²) in [7, 11) is 0. The van der Waals surface area contributed by atoms with E-state index in [-0.39, 0.29) is 11.5 Å². The van der Waals surface area contributed by atoms with Crippen LogP contribution in [0.2, 0.25) is 0 Å². The lowest BCUT2D eigenvalue weighted by Crippen LogP contribution is -2.71. The fourth-order valence-corrected chi connectivity index (χ4v) is 3.76. The Kier molecular flexibility index (Phi) is 3.24. The van der Waals surface area contributed by atoms with E-state index in [1.807, 2.05) is 27.7 Å². The Labute approximate surface area is 114 Å². The number of hydrogen-bond donors (Lipinski definition) is 2. The van der Waals surface area contributed by atoms with E-state index in [0.29, 0.717) is 6.42 Å². The predicted molar refractivity (Wildman–Crippen MR) is 72.0 cm³/mol. The summed E-state index contributed by atoms with van der Waals surface area (Å²) in [5.74, 6) is 5.19. The Morgan fingerprint density at radius 1 is 1.16 bits per heavy atom. The molecule has 0 amide bonds. The molecule has 2 rings (SSSR count). The van der Waals surface area contributed by atoms with Gasteiger partial charge in [0.2, 0.25) is 0 Å². The van der Waals surface area contributed by atoms with Crippen LogP contribution in [0.1, 0.15) is 59.8 Å². The third-order valence-corrected chi connectivity index (χ3v) is 4.65. The summed E-state index contributed by atoms with van der Waals surface area (Å²) >= 11 is 0. The molecule has 0 spiro atoms. The second-order valence-corrected chi connectivity index (χ2v) is 7.51. The highest BCUT2D eigenvalue weighted by molar-refractivity contribution is 5.82. The second kappa shape index (κ2) is 4.17. The average molecular weight is 270 g/mol. The van der Waals surface area contributed by atoms with Gasteiger partial charge in [-0.2, -0.15) is 0 Å². The Hall–Kier alpha value is -0.650. The Morgan fingerprint density at radius 3 is 2.00 bits per heavy atom.